The fourth-order valence-corrected chi connectivity index (χ4v) is 5.66. The summed E-state index contributed by atoms with van der Waals surface area (Å²) in [4.78, 5) is 5.66. The molecule has 2 aliphatic heterocycles. The van der Waals surface area contributed by atoms with Crippen molar-refractivity contribution in [1.29, 1.82) is 5.26 Å². The van der Waals surface area contributed by atoms with Crippen LogP contribution in [0.1, 0.15) is 29.2 Å². The number of ether oxygens (including phenoxy) is 1. The van der Waals surface area contributed by atoms with Crippen molar-refractivity contribution in [3.63, 3.8) is 0 Å². The number of nitrogens with zero attached hydrogens (tertiary/aromatic N) is 3. The van der Waals surface area contributed by atoms with Gasteiger partial charge in [-0.2, -0.15) is 5.26 Å². The molecule has 5 rings (SSSR count). The molecule has 0 radical (unpaired) electrons. The molecule has 3 atom stereocenters. The summed E-state index contributed by atoms with van der Waals surface area (Å²) >= 11 is 0. The second-order valence-corrected chi connectivity index (χ2v) is 9.10. The second-order valence-electron chi connectivity index (χ2n) is 9.10. The number of aliphatic hydroxyl groups excluding tert-OH is 1. The average Bonchev–Trinajstić information content (AvgIpc) is 3.05. The summed E-state index contributed by atoms with van der Waals surface area (Å²) in [5.41, 5.74) is 5.30. The Morgan fingerprint density at radius 1 is 1.34 bits per heavy atom. The van der Waals surface area contributed by atoms with E-state index < -0.39 is 0 Å². The van der Waals surface area contributed by atoms with Gasteiger partial charge in [0, 0.05) is 35.9 Å². The Morgan fingerprint density at radius 2 is 2.14 bits per heavy atom. The number of rotatable bonds is 3. The number of hydrogen-bond acceptors (Lipinski definition) is 4. The van der Waals surface area contributed by atoms with Gasteiger partial charge in [-0.15, -0.1) is 0 Å². The first-order valence-corrected chi connectivity index (χ1v) is 10.4. The monoisotopic (exact) mass is 508 g/mol. The van der Waals surface area contributed by atoms with E-state index in [2.05, 4.69) is 36.4 Å². The Hall–Kier alpha value is -1.34. The highest BCUT2D eigenvalue weighted by atomic mass is 127. The first-order valence-electron chi connectivity index (χ1n) is 10.4. The van der Waals surface area contributed by atoms with Crippen LogP contribution in [0, 0.1) is 17.4 Å². The molecule has 1 aliphatic carbocycles. The van der Waals surface area contributed by atoms with Gasteiger partial charge in [-0.25, -0.2) is 0 Å². The highest BCUT2D eigenvalue weighted by Crippen LogP contribution is 2.45. The third-order valence-electron chi connectivity index (χ3n) is 7.25. The van der Waals surface area contributed by atoms with E-state index in [1.54, 1.807) is 0 Å². The number of aliphatic hydroxyl groups is 1. The van der Waals surface area contributed by atoms with E-state index in [9.17, 15) is 10.4 Å². The normalized spacial score (nSPS) is 27.8. The van der Waals surface area contributed by atoms with Crippen LogP contribution < -0.4 is 24.0 Å². The predicted molar refractivity (Wildman–Crippen MR) is 106 cm³/mol. The third-order valence-corrected chi connectivity index (χ3v) is 7.25. The Kier molecular flexibility index (Phi) is 5.81. The number of quaternary nitrogens is 1. The van der Waals surface area contributed by atoms with Gasteiger partial charge in [-0.1, -0.05) is 12.1 Å². The van der Waals surface area contributed by atoms with Crippen LogP contribution in [0.15, 0.2) is 18.2 Å². The number of nitrogens with one attached hydrogen (secondary N) is 1. The summed E-state index contributed by atoms with van der Waals surface area (Å²) in [6.45, 7) is 5.53. The SMILES string of the molecule is C[N+]1(Cc2[nH]c3cccc4c3c2C[C@@H]2[C@@H]4C[C@@H](CO)CN2C#N)CCOCC1.[I-]. The number of H-pyrrole nitrogens is 1. The van der Waals surface area contributed by atoms with E-state index in [-0.39, 0.29) is 42.5 Å². The zero-order valence-electron chi connectivity index (χ0n) is 16.9. The summed E-state index contributed by atoms with van der Waals surface area (Å²) in [5.74, 6) is 0.493. The van der Waals surface area contributed by atoms with E-state index >= 15 is 0 Å². The third kappa shape index (κ3) is 3.54. The predicted octanol–water partition coefficient (Wildman–Crippen LogP) is -1.05. The molecule has 2 N–H and O–H groups in total. The highest BCUT2D eigenvalue weighted by Gasteiger charge is 2.42. The standard InChI is InChI=1S/C22H29N4O2.HI/c1-26(5-7-28-8-6-26)12-20-18-10-21-17(9-15(13-27)11-25(21)14-23)16-3-2-4-19(24-20)22(16)18;/h2-4,15,17,21,24,27H,5-13H2,1H3;1H/q+1;/p-1/t15-,17-,21-;/m1./s1. The maximum atomic E-state index is 9.78. The lowest BCUT2D eigenvalue weighted by Crippen LogP contribution is -3.00. The zero-order valence-corrected chi connectivity index (χ0v) is 19.1. The summed E-state index contributed by atoms with van der Waals surface area (Å²) < 4.78 is 6.58. The van der Waals surface area contributed by atoms with Gasteiger partial charge in [-0.3, -0.25) is 0 Å². The maximum Gasteiger partial charge on any atom is 0.179 e. The van der Waals surface area contributed by atoms with Gasteiger partial charge in [0.1, 0.15) is 19.6 Å². The first-order chi connectivity index (χ1) is 13.6. The van der Waals surface area contributed by atoms with Crippen LogP contribution in [-0.4, -0.2) is 72.0 Å². The summed E-state index contributed by atoms with van der Waals surface area (Å²) in [6, 6.07) is 6.75. The van der Waals surface area contributed by atoms with E-state index in [0.29, 0.717) is 12.5 Å². The van der Waals surface area contributed by atoms with Gasteiger partial charge in [0.25, 0.3) is 0 Å². The fourth-order valence-electron chi connectivity index (χ4n) is 5.66. The van der Waals surface area contributed by atoms with E-state index in [1.165, 1.54) is 27.7 Å². The lowest BCUT2D eigenvalue weighted by Gasteiger charge is -2.44. The molecule has 156 valence electrons. The molecule has 2 fully saturated rings. The smallest absolute Gasteiger partial charge is 0.179 e. The molecule has 3 heterocycles. The van der Waals surface area contributed by atoms with Crippen molar-refractivity contribution in [1.82, 2.24) is 9.88 Å². The number of aromatic amines is 1. The Morgan fingerprint density at radius 3 is 2.86 bits per heavy atom. The molecule has 0 spiro atoms. The fraction of sp³-hybridized carbons (Fsp3) is 0.591. The van der Waals surface area contributed by atoms with Crippen molar-refractivity contribution < 1.29 is 38.3 Å². The average molecular weight is 508 g/mol. The molecule has 0 unspecified atom stereocenters. The Balaban J connectivity index is 0.00000205. The number of morpholine rings is 1. The molecular weight excluding hydrogens is 479 g/mol. The maximum absolute atomic E-state index is 9.78. The van der Waals surface area contributed by atoms with E-state index in [0.717, 1.165) is 50.2 Å². The van der Waals surface area contributed by atoms with Crippen LogP contribution in [0.3, 0.4) is 0 Å². The number of piperidine rings is 1. The number of likely N-dealkylation sites (N-methyl/N-ethyl adjacent to an activating group) is 1. The number of fused-ring (bicyclic) bond motifs is 2. The topological polar surface area (TPSA) is 72.3 Å². The van der Waals surface area contributed by atoms with Gasteiger partial charge < -0.3 is 48.2 Å². The van der Waals surface area contributed by atoms with Gasteiger partial charge in [-0.05, 0) is 30.0 Å². The van der Waals surface area contributed by atoms with Crippen molar-refractivity contribution in [3.8, 4) is 6.19 Å². The van der Waals surface area contributed by atoms with E-state index in [4.69, 9.17) is 4.74 Å². The number of aromatic nitrogens is 1. The molecule has 0 saturated carbocycles. The summed E-state index contributed by atoms with van der Waals surface area (Å²) in [6.07, 6.45) is 4.30. The van der Waals surface area contributed by atoms with Crippen molar-refractivity contribution >= 4 is 10.9 Å². The Bertz CT molecular complexity index is 931. The van der Waals surface area contributed by atoms with Crippen LogP contribution in [0.25, 0.3) is 10.9 Å². The van der Waals surface area contributed by atoms with Crippen molar-refractivity contribution in [3.05, 3.63) is 35.0 Å². The molecule has 2 saturated heterocycles. The van der Waals surface area contributed by atoms with Crippen molar-refractivity contribution in [2.45, 2.75) is 31.3 Å². The van der Waals surface area contributed by atoms with Crippen LogP contribution in [0.4, 0.5) is 0 Å². The lowest BCUT2D eigenvalue weighted by atomic mass is 9.72. The second kappa shape index (κ2) is 8.06. The number of hydrogen-bond donors (Lipinski definition) is 2. The Labute approximate surface area is 189 Å². The lowest BCUT2D eigenvalue weighted by molar-refractivity contribution is -0.929. The number of benzene rings is 1. The largest absolute Gasteiger partial charge is 1.00 e. The zero-order chi connectivity index (χ0) is 19.3. The molecule has 6 nitrogen and oxygen atoms in total. The summed E-state index contributed by atoms with van der Waals surface area (Å²) in [7, 11) is 2.32. The van der Waals surface area contributed by atoms with Gasteiger partial charge in [0.15, 0.2) is 6.19 Å². The molecular formula is C22H29IN4O2. The van der Waals surface area contributed by atoms with Crippen LogP contribution in [-0.2, 0) is 17.7 Å². The van der Waals surface area contributed by atoms with Crippen molar-refractivity contribution in [2.75, 3.05) is 46.5 Å². The van der Waals surface area contributed by atoms with Gasteiger partial charge in [0.2, 0.25) is 0 Å². The summed E-state index contributed by atoms with van der Waals surface area (Å²) in [5, 5.41) is 20.9. The molecule has 0 amide bonds. The number of halogens is 1. The van der Waals surface area contributed by atoms with Crippen LogP contribution >= 0.6 is 0 Å². The number of likely N-dealkylation sites (tertiary alicyclic amines) is 1. The quantitative estimate of drug-likeness (QED) is 0.316. The molecule has 3 aliphatic rings. The molecule has 0 bridgehead atoms. The molecule has 29 heavy (non-hydrogen) atoms. The van der Waals surface area contributed by atoms with Crippen LogP contribution in [0.2, 0.25) is 0 Å². The van der Waals surface area contributed by atoms with Crippen LogP contribution in [0.5, 0.6) is 0 Å². The van der Waals surface area contributed by atoms with E-state index in [1.807, 2.05) is 4.90 Å². The minimum absolute atomic E-state index is 0. The molecule has 7 heteroatoms. The van der Waals surface area contributed by atoms with Gasteiger partial charge >= 0.3 is 0 Å². The molecule has 1 aromatic heterocycles. The minimum Gasteiger partial charge on any atom is -1.00 e. The molecule has 1 aromatic carbocycles. The molecule has 2 aromatic rings. The first kappa shape index (κ1) is 20.9. The minimum atomic E-state index is 0. The number of nitriles is 1. The highest BCUT2D eigenvalue weighted by molar-refractivity contribution is 5.89. The van der Waals surface area contributed by atoms with Gasteiger partial charge in [0.05, 0.1) is 32.0 Å². The van der Waals surface area contributed by atoms with Crippen molar-refractivity contribution in [2.24, 2.45) is 5.92 Å².